The Kier molecular flexibility index (Phi) is 7.75. The number of rotatable bonds is 5. The van der Waals surface area contributed by atoms with Crippen molar-refractivity contribution < 1.29 is 17.9 Å². The summed E-state index contributed by atoms with van der Waals surface area (Å²) in [4.78, 5) is 4.12. The van der Waals surface area contributed by atoms with Crippen molar-refractivity contribution >= 4 is 39.8 Å². The molecule has 0 saturated carbocycles. The minimum Gasteiger partial charge on any atom is -0.466 e. The van der Waals surface area contributed by atoms with Gasteiger partial charge in [-0.15, -0.1) is 24.0 Å². The molecule has 144 valence electrons. The number of aliphatic imine (C=N–C) groups is 1. The lowest BCUT2D eigenvalue weighted by Gasteiger charge is -2.25. The lowest BCUT2D eigenvalue weighted by Crippen LogP contribution is -2.45. The van der Waals surface area contributed by atoms with Crippen LogP contribution in [0.25, 0.3) is 0 Å². The molecule has 0 aromatic carbocycles. The van der Waals surface area contributed by atoms with Crippen LogP contribution < -0.4 is 10.6 Å². The molecule has 1 aromatic heterocycles. The summed E-state index contributed by atoms with van der Waals surface area (Å²) in [6.07, 6.45) is 0.678. The first kappa shape index (κ1) is 22.2. The minimum absolute atomic E-state index is 0. The summed E-state index contributed by atoms with van der Waals surface area (Å²) in [5.41, 5.74) is -0.360. The number of aryl methyl sites for hydroxylation is 2. The molecule has 0 aliphatic carbocycles. The molecule has 2 unspecified atom stereocenters. The van der Waals surface area contributed by atoms with E-state index in [1.807, 2.05) is 19.9 Å². The third-order valence-corrected chi connectivity index (χ3v) is 6.17. The molecule has 1 fully saturated rings. The summed E-state index contributed by atoms with van der Waals surface area (Å²) in [5, 5.41) is 16.9. The highest BCUT2D eigenvalue weighted by Gasteiger charge is 2.29. The summed E-state index contributed by atoms with van der Waals surface area (Å²) in [5.74, 6) is 2.58. The maximum Gasteiger partial charge on any atom is 0.191 e. The quantitative estimate of drug-likeness (QED) is 0.330. The zero-order valence-corrected chi connectivity index (χ0v) is 18.3. The molecular weight excluding hydrogens is 457 g/mol. The standard InChI is InChI=1S/C16H27N3O4S.HI/c1-11-7-14(12(2)23-11)16(3,20)10-19-15(17-4)18-8-13-5-6-24(21,22)9-13;/h7,13,20H,5-6,8-10H2,1-4H3,(H2,17,18,19);1H. The molecule has 1 aliphatic rings. The average Bonchev–Trinajstić information content (AvgIpc) is 3.01. The maximum absolute atomic E-state index is 11.5. The first-order chi connectivity index (χ1) is 11.1. The zero-order chi connectivity index (χ0) is 18.0. The number of furan rings is 1. The van der Waals surface area contributed by atoms with Gasteiger partial charge in [-0.2, -0.15) is 0 Å². The SMILES string of the molecule is CN=C(NCC1CCS(=O)(=O)C1)NCC(C)(O)c1cc(C)oc1C.I. The predicted molar refractivity (Wildman–Crippen MR) is 109 cm³/mol. The highest BCUT2D eigenvalue weighted by Crippen LogP contribution is 2.26. The van der Waals surface area contributed by atoms with Crippen molar-refractivity contribution in [2.45, 2.75) is 32.8 Å². The van der Waals surface area contributed by atoms with Gasteiger partial charge in [-0.1, -0.05) is 0 Å². The summed E-state index contributed by atoms with van der Waals surface area (Å²) in [6.45, 7) is 6.19. The molecule has 25 heavy (non-hydrogen) atoms. The molecule has 0 amide bonds. The van der Waals surface area contributed by atoms with Crippen LogP contribution in [0.3, 0.4) is 0 Å². The summed E-state index contributed by atoms with van der Waals surface area (Å²) in [7, 11) is -1.23. The first-order valence-electron chi connectivity index (χ1n) is 8.08. The molecule has 9 heteroatoms. The second-order valence-electron chi connectivity index (χ2n) is 6.68. The Morgan fingerprint density at radius 2 is 2.12 bits per heavy atom. The van der Waals surface area contributed by atoms with Gasteiger partial charge in [0.2, 0.25) is 0 Å². The Morgan fingerprint density at radius 1 is 1.44 bits per heavy atom. The van der Waals surface area contributed by atoms with Crippen LogP contribution in [0.4, 0.5) is 0 Å². The normalized spacial score (nSPS) is 22.1. The second kappa shape index (κ2) is 8.72. The summed E-state index contributed by atoms with van der Waals surface area (Å²) < 4.78 is 28.5. The van der Waals surface area contributed by atoms with Crippen LogP contribution >= 0.6 is 24.0 Å². The fourth-order valence-electron chi connectivity index (χ4n) is 3.01. The second-order valence-corrected chi connectivity index (χ2v) is 8.91. The number of nitrogens with zero attached hydrogens (tertiary/aromatic N) is 1. The summed E-state index contributed by atoms with van der Waals surface area (Å²) in [6, 6.07) is 1.83. The van der Waals surface area contributed by atoms with E-state index < -0.39 is 15.4 Å². The number of hydrogen-bond acceptors (Lipinski definition) is 5. The van der Waals surface area contributed by atoms with Crippen LogP contribution in [-0.4, -0.2) is 51.1 Å². The molecule has 1 saturated heterocycles. The van der Waals surface area contributed by atoms with Crippen LogP contribution in [-0.2, 0) is 15.4 Å². The summed E-state index contributed by atoms with van der Waals surface area (Å²) >= 11 is 0. The van der Waals surface area contributed by atoms with E-state index in [0.717, 1.165) is 11.3 Å². The first-order valence-corrected chi connectivity index (χ1v) is 9.90. The van der Waals surface area contributed by atoms with Gasteiger partial charge in [0, 0.05) is 19.2 Å². The molecule has 2 rings (SSSR count). The largest absolute Gasteiger partial charge is 0.466 e. The third-order valence-electron chi connectivity index (χ3n) is 4.33. The molecule has 1 aliphatic heterocycles. The van der Waals surface area contributed by atoms with Crippen LogP contribution in [0.1, 0.15) is 30.4 Å². The average molecular weight is 485 g/mol. The third kappa shape index (κ3) is 6.14. The Bertz CT molecular complexity index is 713. The van der Waals surface area contributed by atoms with Gasteiger partial charge >= 0.3 is 0 Å². The highest BCUT2D eigenvalue weighted by molar-refractivity contribution is 14.0. The molecule has 3 N–H and O–H groups in total. The Labute approximate surface area is 166 Å². The van der Waals surface area contributed by atoms with E-state index in [-0.39, 0.29) is 47.9 Å². The number of sulfone groups is 1. The van der Waals surface area contributed by atoms with Gasteiger partial charge in [0.05, 0.1) is 18.1 Å². The highest BCUT2D eigenvalue weighted by atomic mass is 127. The molecule has 0 radical (unpaired) electrons. The van der Waals surface area contributed by atoms with Gasteiger partial charge in [0.15, 0.2) is 15.8 Å². The number of aliphatic hydroxyl groups is 1. The van der Waals surface area contributed by atoms with Gasteiger partial charge in [0.1, 0.15) is 17.1 Å². The van der Waals surface area contributed by atoms with Gasteiger partial charge in [-0.05, 0) is 39.2 Å². The van der Waals surface area contributed by atoms with Crippen molar-refractivity contribution in [3.05, 3.63) is 23.2 Å². The molecule has 0 bridgehead atoms. The van der Waals surface area contributed by atoms with Gasteiger partial charge in [0.25, 0.3) is 0 Å². The fraction of sp³-hybridized carbons (Fsp3) is 0.688. The van der Waals surface area contributed by atoms with Gasteiger partial charge in [-0.3, -0.25) is 4.99 Å². The van der Waals surface area contributed by atoms with Crippen molar-refractivity contribution in [3.8, 4) is 0 Å². The topological polar surface area (TPSA) is 104 Å². The molecule has 2 heterocycles. The van der Waals surface area contributed by atoms with E-state index in [1.54, 1.807) is 14.0 Å². The van der Waals surface area contributed by atoms with Gasteiger partial charge in [-0.25, -0.2) is 8.42 Å². The fourth-order valence-corrected chi connectivity index (χ4v) is 4.87. The zero-order valence-electron chi connectivity index (χ0n) is 15.1. The Hall–Kier alpha value is -0.810. The minimum atomic E-state index is -2.87. The van der Waals surface area contributed by atoms with Crippen molar-refractivity contribution in [1.82, 2.24) is 10.6 Å². The predicted octanol–water partition coefficient (Wildman–Crippen LogP) is 1.32. The lowest BCUT2D eigenvalue weighted by atomic mass is 9.96. The number of nitrogens with one attached hydrogen (secondary N) is 2. The number of hydrogen-bond donors (Lipinski definition) is 3. The van der Waals surface area contributed by atoms with E-state index in [2.05, 4.69) is 15.6 Å². The van der Waals surface area contributed by atoms with Gasteiger partial charge < -0.3 is 20.2 Å². The Balaban J connectivity index is 0.00000312. The number of guanidine groups is 1. The van der Waals surface area contributed by atoms with Crippen LogP contribution in [0.2, 0.25) is 0 Å². The van der Waals surface area contributed by atoms with Crippen LogP contribution in [0.5, 0.6) is 0 Å². The smallest absolute Gasteiger partial charge is 0.191 e. The van der Waals surface area contributed by atoms with Crippen molar-refractivity contribution in [1.29, 1.82) is 0 Å². The van der Waals surface area contributed by atoms with Crippen molar-refractivity contribution in [3.63, 3.8) is 0 Å². The van der Waals surface area contributed by atoms with Crippen molar-refractivity contribution in [2.24, 2.45) is 10.9 Å². The maximum atomic E-state index is 11.5. The van der Waals surface area contributed by atoms with Crippen molar-refractivity contribution in [2.75, 3.05) is 31.6 Å². The van der Waals surface area contributed by atoms with E-state index in [4.69, 9.17) is 4.42 Å². The van der Waals surface area contributed by atoms with E-state index in [0.29, 0.717) is 24.7 Å². The molecule has 7 nitrogen and oxygen atoms in total. The van der Waals surface area contributed by atoms with Crippen LogP contribution in [0.15, 0.2) is 15.5 Å². The monoisotopic (exact) mass is 485 g/mol. The van der Waals surface area contributed by atoms with Crippen LogP contribution in [0, 0.1) is 19.8 Å². The molecule has 2 atom stereocenters. The molecule has 0 spiro atoms. The molecule has 1 aromatic rings. The van der Waals surface area contributed by atoms with E-state index >= 15 is 0 Å². The van der Waals surface area contributed by atoms with E-state index in [1.165, 1.54) is 0 Å². The molecular formula is C16H28IN3O4S. The lowest BCUT2D eigenvalue weighted by molar-refractivity contribution is 0.0601. The number of halogens is 1. The van der Waals surface area contributed by atoms with E-state index in [9.17, 15) is 13.5 Å². The Morgan fingerprint density at radius 3 is 2.60 bits per heavy atom.